The summed E-state index contributed by atoms with van der Waals surface area (Å²) < 4.78 is 36.5. The van der Waals surface area contributed by atoms with Crippen LogP contribution in [-0.2, 0) is 21.2 Å². The summed E-state index contributed by atoms with van der Waals surface area (Å²) in [5.74, 6) is -0.577. The molecular formula is C12H21ClN2O5S. The Morgan fingerprint density at radius 2 is 2.00 bits per heavy atom. The predicted octanol–water partition coefficient (Wildman–Crippen LogP) is 0.938. The Bertz CT molecular complexity index is 556. The number of aryl methyl sites for hydroxylation is 1. The molecule has 122 valence electrons. The maximum absolute atomic E-state index is 12.1. The number of rotatable bonds is 8. The Labute approximate surface area is 130 Å². The molecule has 21 heavy (non-hydrogen) atoms. The van der Waals surface area contributed by atoms with Gasteiger partial charge < -0.3 is 14.5 Å². The lowest BCUT2D eigenvalue weighted by molar-refractivity contribution is 0.0563. The van der Waals surface area contributed by atoms with Crippen LogP contribution in [-0.4, -0.2) is 41.1 Å². The summed E-state index contributed by atoms with van der Waals surface area (Å²) >= 11 is 0. The summed E-state index contributed by atoms with van der Waals surface area (Å²) in [5.41, 5.74) is 0. The summed E-state index contributed by atoms with van der Waals surface area (Å²) in [4.78, 5) is 11.4. The molecule has 0 atom stereocenters. The zero-order chi connectivity index (χ0) is 15.2. The van der Waals surface area contributed by atoms with E-state index < -0.39 is 16.0 Å². The lowest BCUT2D eigenvalue weighted by Gasteiger charge is -2.06. The van der Waals surface area contributed by atoms with Gasteiger partial charge in [0.05, 0.1) is 7.11 Å². The van der Waals surface area contributed by atoms with Gasteiger partial charge in [-0.05, 0) is 6.54 Å². The lowest BCUT2D eigenvalue weighted by atomic mass is 10.3. The molecule has 9 heteroatoms. The summed E-state index contributed by atoms with van der Waals surface area (Å²) in [6.45, 7) is 5.23. The Morgan fingerprint density at radius 1 is 1.33 bits per heavy atom. The standard InChI is InChI=1S/C12H20N2O5S.ClH/c1-4-9-11(8-10(19-9)12(15)18-3)20(16,17)14-7-6-13-5-2;/h8,13-14H,4-7H2,1-3H3;1H. The first-order chi connectivity index (χ1) is 9.46. The average Bonchev–Trinajstić information content (AvgIpc) is 2.88. The van der Waals surface area contributed by atoms with Gasteiger partial charge in [-0.15, -0.1) is 12.4 Å². The van der Waals surface area contributed by atoms with Gasteiger partial charge in [-0.3, -0.25) is 0 Å². The van der Waals surface area contributed by atoms with E-state index in [0.717, 1.165) is 6.54 Å². The number of nitrogens with one attached hydrogen (secondary N) is 2. The minimum Gasteiger partial charge on any atom is -0.463 e. The van der Waals surface area contributed by atoms with Crippen LogP contribution in [0.15, 0.2) is 15.4 Å². The number of esters is 1. The first kappa shape index (κ1) is 19.9. The summed E-state index contributed by atoms with van der Waals surface area (Å²) in [7, 11) is -2.49. The van der Waals surface area contributed by atoms with Crippen molar-refractivity contribution >= 4 is 28.4 Å². The van der Waals surface area contributed by atoms with E-state index in [1.165, 1.54) is 13.2 Å². The largest absolute Gasteiger partial charge is 0.463 e. The Kier molecular flexibility index (Phi) is 8.57. The molecule has 0 saturated carbocycles. The molecule has 0 unspecified atom stereocenters. The highest BCUT2D eigenvalue weighted by molar-refractivity contribution is 7.89. The van der Waals surface area contributed by atoms with Crippen molar-refractivity contribution in [1.82, 2.24) is 10.0 Å². The number of hydrogen-bond acceptors (Lipinski definition) is 6. The molecule has 2 N–H and O–H groups in total. The Morgan fingerprint density at radius 3 is 2.52 bits per heavy atom. The van der Waals surface area contributed by atoms with E-state index >= 15 is 0 Å². The van der Waals surface area contributed by atoms with Crippen LogP contribution in [0.25, 0.3) is 0 Å². The minimum absolute atomic E-state index is 0. The zero-order valence-electron chi connectivity index (χ0n) is 12.3. The highest BCUT2D eigenvalue weighted by Gasteiger charge is 2.25. The van der Waals surface area contributed by atoms with Gasteiger partial charge >= 0.3 is 5.97 Å². The van der Waals surface area contributed by atoms with Crippen LogP contribution in [0.3, 0.4) is 0 Å². The maximum Gasteiger partial charge on any atom is 0.373 e. The average molecular weight is 341 g/mol. The molecule has 1 heterocycles. The van der Waals surface area contributed by atoms with Crippen LogP contribution in [0.4, 0.5) is 0 Å². The first-order valence-electron chi connectivity index (χ1n) is 6.37. The SMILES string of the molecule is CCNCCNS(=O)(=O)c1cc(C(=O)OC)oc1CC.Cl. The van der Waals surface area contributed by atoms with Crippen LogP contribution < -0.4 is 10.0 Å². The van der Waals surface area contributed by atoms with E-state index in [0.29, 0.717) is 13.0 Å². The molecule has 0 saturated heterocycles. The maximum atomic E-state index is 12.1. The molecule has 0 bridgehead atoms. The molecule has 7 nitrogen and oxygen atoms in total. The second kappa shape index (κ2) is 9.04. The number of ether oxygens (including phenoxy) is 1. The third-order valence-electron chi connectivity index (χ3n) is 2.61. The molecule has 0 aromatic carbocycles. The Hall–Kier alpha value is -1.09. The van der Waals surface area contributed by atoms with Crippen molar-refractivity contribution in [3.63, 3.8) is 0 Å². The van der Waals surface area contributed by atoms with Crippen LogP contribution in [0.2, 0.25) is 0 Å². The van der Waals surface area contributed by atoms with Crippen molar-refractivity contribution in [2.45, 2.75) is 25.2 Å². The van der Waals surface area contributed by atoms with E-state index in [9.17, 15) is 13.2 Å². The van der Waals surface area contributed by atoms with Gasteiger partial charge in [0.2, 0.25) is 15.8 Å². The lowest BCUT2D eigenvalue weighted by Crippen LogP contribution is -2.32. The van der Waals surface area contributed by atoms with Gasteiger partial charge in [-0.2, -0.15) is 0 Å². The minimum atomic E-state index is -3.70. The van der Waals surface area contributed by atoms with Crippen LogP contribution in [0.5, 0.6) is 0 Å². The van der Waals surface area contributed by atoms with Gasteiger partial charge in [0.15, 0.2) is 0 Å². The predicted molar refractivity (Wildman–Crippen MR) is 80.4 cm³/mol. The summed E-state index contributed by atoms with van der Waals surface area (Å²) in [6.07, 6.45) is 0.362. The molecule has 0 spiro atoms. The normalized spacial score (nSPS) is 11.0. The van der Waals surface area contributed by atoms with Crippen molar-refractivity contribution < 1.29 is 22.4 Å². The molecule has 0 fully saturated rings. The zero-order valence-corrected chi connectivity index (χ0v) is 13.9. The number of likely N-dealkylation sites (N-methyl/N-ethyl adjacent to an activating group) is 1. The number of carbonyl (C=O) groups is 1. The van der Waals surface area contributed by atoms with E-state index in [4.69, 9.17) is 4.42 Å². The van der Waals surface area contributed by atoms with Gasteiger partial charge in [-0.1, -0.05) is 13.8 Å². The molecule has 1 rings (SSSR count). The van der Waals surface area contributed by atoms with Gasteiger partial charge in [0.1, 0.15) is 10.7 Å². The number of hydrogen-bond donors (Lipinski definition) is 2. The summed E-state index contributed by atoms with van der Waals surface area (Å²) in [6, 6.07) is 1.19. The van der Waals surface area contributed by atoms with Crippen LogP contribution in [0, 0.1) is 0 Å². The first-order valence-corrected chi connectivity index (χ1v) is 7.86. The van der Waals surface area contributed by atoms with Crippen molar-refractivity contribution in [3.8, 4) is 0 Å². The smallest absolute Gasteiger partial charge is 0.373 e. The van der Waals surface area contributed by atoms with Crippen molar-refractivity contribution in [2.24, 2.45) is 0 Å². The second-order valence-corrected chi connectivity index (χ2v) is 5.73. The molecule has 0 amide bonds. The van der Waals surface area contributed by atoms with Gasteiger partial charge in [0.25, 0.3) is 0 Å². The molecule has 0 radical (unpaired) electrons. The molecule has 1 aromatic heterocycles. The van der Waals surface area contributed by atoms with Gasteiger partial charge in [0, 0.05) is 25.6 Å². The highest BCUT2D eigenvalue weighted by atomic mass is 35.5. The van der Waals surface area contributed by atoms with Crippen LogP contribution >= 0.6 is 12.4 Å². The second-order valence-electron chi connectivity index (χ2n) is 3.99. The third kappa shape index (κ3) is 5.31. The van der Waals surface area contributed by atoms with Crippen LogP contribution in [0.1, 0.15) is 30.2 Å². The van der Waals surface area contributed by atoms with E-state index in [1.54, 1.807) is 6.92 Å². The molecule has 1 aromatic rings. The molecular weight excluding hydrogens is 320 g/mol. The quantitative estimate of drug-likeness (QED) is 0.540. The van der Waals surface area contributed by atoms with Gasteiger partial charge in [-0.25, -0.2) is 17.9 Å². The number of furan rings is 1. The molecule has 0 aliphatic heterocycles. The highest BCUT2D eigenvalue weighted by Crippen LogP contribution is 2.21. The number of halogens is 1. The summed E-state index contributed by atoms with van der Waals surface area (Å²) in [5, 5.41) is 3.01. The van der Waals surface area contributed by atoms with Crippen molar-refractivity contribution in [1.29, 1.82) is 0 Å². The van der Waals surface area contributed by atoms with E-state index in [1.807, 2.05) is 6.92 Å². The fourth-order valence-corrected chi connectivity index (χ4v) is 2.89. The molecule has 0 aliphatic carbocycles. The van der Waals surface area contributed by atoms with E-state index in [2.05, 4.69) is 14.8 Å². The van der Waals surface area contributed by atoms with Crippen molar-refractivity contribution in [2.75, 3.05) is 26.7 Å². The number of carbonyl (C=O) groups excluding carboxylic acids is 1. The number of methoxy groups -OCH3 is 1. The topological polar surface area (TPSA) is 97.6 Å². The fourth-order valence-electron chi connectivity index (χ4n) is 1.62. The Balaban J connectivity index is 0.00000400. The van der Waals surface area contributed by atoms with Crippen molar-refractivity contribution in [3.05, 3.63) is 17.6 Å². The fraction of sp³-hybridized carbons (Fsp3) is 0.583. The number of sulfonamides is 1. The van der Waals surface area contributed by atoms with E-state index in [-0.39, 0.29) is 35.4 Å². The molecule has 0 aliphatic rings. The third-order valence-corrected chi connectivity index (χ3v) is 4.12. The monoisotopic (exact) mass is 340 g/mol.